The van der Waals surface area contributed by atoms with Crippen molar-refractivity contribution < 1.29 is 9.65 Å². The Morgan fingerprint density at radius 1 is 1.31 bits per heavy atom. The highest BCUT2D eigenvalue weighted by atomic mass is 16.6. The fourth-order valence-electron chi connectivity index (χ4n) is 2.37. The van der Waals surface area contributed by atoms with Crippen LogP contribution >= 0.6 is 0 Å². The van der Waals surface area contributed by atoms with Crippen LogP contribution in [-0.2, 0) is 12.8 Å². The Labute approximate surface area is 93.4 Å². The third-order valence-corrected chi connectivity index (χ3v) is 3.11. The molecule has 0 saturated heterocycles. The van der Waals surface area contributed by atoms with Crippen molar-refractivity contribution >= 4 is 5.69 Å². The van der Waals surface area contributed by atoms with E-state index in [0.29, 0.717) is 29.7 Å². The van der Waals surface area contributed by atoms with Gasteiger partial charge in [0, 0.05) is 6.42 Å². The maximum absolute atomic E-state index is 11.7. The lowest BCUT2D eigenvalue weighted by Gasteiger charge is -2.09. The number of pyridine rings is 1. The van der Waals surface area contributed by atoms with Crippen LogP contribution in [-0.4, -0.2) is 4.92 Å². The van der Waals surface area contributed by atoms with Crippen molar-refractivity contribution in [1.82, 2.24) is 0 Å². The lowest BCUT2D eigenvalue weighted by molar-refractivity contribution is -0.615. The van der Waals surface area contributed by atoms with E-state index in [4.69, 9.17) is 0 Å². The van der Waals surface area contributed by atoms with Crippen LogP contribution < -0.4 is 4.73 Å². The van der Waals surface area contributed by atoms with Gasteiger partial charge >= 0.3 is 0 Å². The maximum atomic E-state index is 11.7. The Hall–Kier alpha value is -1.65. The summed E-state index contributed by atoms with van der Waals surface area (Å²) in [5.74, 6) is 0. The fraction of sp³-hybridized carbons (Fsp3) is 0.545. The second kappa shape index (κ2) is 4.08. The van der Waals surface area contributed by atoms with Gasteiger partial charge < -0.3 is 5.21 Å². The standard InChI is InChI=1S/C11H14N2O3/c1-8-7-12(14)10-6-4-2-3-5-9(10)11(8)13(15)16/h7H,2-6H2,1H3. The van der Waals surface area contributed by atoms with Gasteiger partial charge in [-0.2, -0.15) is 4.73 Å². The molecule has 0 atom stereocenters. The van der Waals surface area contributed by atoms with Crippen LogP contribution in [0.3, 0.4) is 0 Å². The first kappa shape index (κ1) is 10.9. The van der Waals surface area contributed by atoms with Crippen LogP contribution in [0.15, 0.2) is 6.20 Å². The topological polar surface area (TPSA) is 70.1 Å². The number of aromatic nitrogens is 1. The molecule has 0 amide bonds. The molecule has 1 aliphatic carbocycles. The van der Waals surface area contributed by atoms with Crippen molar-refractivity contribution in [2.45, 2.75) is 39.0 Å². The molecule has 2 rings (SSSR count). The van der Waals surface area contributed by atoms with Gasteiger partial charge in [0.05, 0.1) is 16.1 Å². The zero-order valence-electron chi connectivity index (χ0n) is 9.23. The Bertz CT molecular complexity index is 443. The van der Waals surface area contributed by atoms with E-state index in [0.717, 1.165) is 24.0 Å². The Morgan fingerprint density at radius 3 is 2.69 bits per heavy atom. The fourth-order valence-corrected chi connectivity index (χ4v) is 2.37. The third-order valence-electron chi connectivity index (χ3n) is 3.11. The SMILES string of the molecule is Cc1c[n+]([O-])c2c(c1[N+](=O)[O-])CCCCC2. The highest BCUT2D eigenvalue weighted by molar-refractivity contribution is 5.46. The zero-order valence-corrected chi connectivity index (χ0v) is 9.23. The van der Waals surface area contributed by atoms with E-state index in [-0.39, 0.29) is 10.6 Å². The van der Waals surface area contributed by atoms with Crippen molar-refractivity contribution in [1.29, 1.82) is 0 Å². The molecule has 0 N–H and O–H groups in total. The van der Waals surface area contributed by atoms with Crippen LogP contribution in [0.4, 0.5) is 5.69 Å². The van der Waals surface area contributed by atoms with Crippen LogP contribution in [0.25, 0.3) is 0 Å². The van der Waals surface area contributed by atoms with Crippen molar-refractivity contribution in [2.75, 3.05) is 0 Å². The first-order chi connectivity index (χ1) is 7.61. The number of nitrogens with zero attached hydrogens (tertiary/aromatic N) is 2. The van der Waals surface area contributed by atoms with E-state index in [1.165, 1.54) is 6.20 Å². The van der Waals surface area contributed by atoms with Gasteiger partial charge in [0.2, 0.25) is 5.69 Å². The average molecular weight is 222 g/mol. The van der Waals surface area contributed by atoms with Gasteiger partial charge in [0.1, 0.15) is 0 Å². The van der Waals surface area contributed by atoms with E-state index in [1.807, 2.05) is 0 Å². The minimum Gasteiger partial charge on any atom is -0.618 e. The van der Waals surface area contributed by atoms with Gasteiger partial charge in [0.15, 0.2) is 6.20 Å². The molecule has 5 heteroatoms. The summed E-state index contributed by atoms with van der Waals surface area (Å²) in [4.78, 5) is 10.6. The molecule has 16 heavy (non-hydrogen) atoms. The highest BCUT2D eigenvalue weighted by Gasteiger charge is 2.28. The number of fused-ring (bicyclic) bond motifs is 1. The lowest BCUT2D eigenvalue weighted by atomic mass is 10.0. The molecule has 0 spiro atoms. The lowest BCUT2D eigenvalue weighted by Crippen LogP contribution is -2.34. The predicted molar refractivity (Wildman–Crippen MR) is 58.1 cm³/mol. The van der Waals surface area contributed by atoms with E-state index >= 15 is 0 Å². The smallest absolute Gasteiger partial charge is 0.287 e. The summed E-state index contributed by atoms with van der Waals surface area (Å²) in [5, 5.41) is 22.7. The van der Waals surface area contributed by atoms with Gasteiger partial charge in [-0.25, -0.2) is 0 Å². The first-order valence-electron chi connectivity index (χ1n) is 5.50. The number of nitro groups is 1. The van der Waals surface area contributed by atoms with Gasteiger partial charge in [0.25, 0.3) is 5.69 Å². The molecular formula is C11H14N2O3. The van der Waals surface area contributed by atoms with Crippen LogP contribution in [0.5, 0.6) is 0 Å². The van der Waals surface area contributed by atoms with E-state index < -0.39 is 0 Å². The van der Waals surface area contributed by atoms with E-state index in [9.17, 15) is 15.3 Å². The summed E-state index contributed by atoms with van der Waals surface area (Å²) < 4.78 is 0.809. The van der Waals surface area contributed by atoms with Crippen LogP contribution in [0, 0.1) is 22.2 Å². The Kier molecular flexibility index (Phi) is 2.77. The first-order valence-corrected chi connectivity index (χ1v) is 5.50. The molecular weight excluding hydrogens is 208 g/mol. The van der Waals surface area contributed by atoms with Crippen molar-refractivity contribution in [3.05, 3.63) is 38.3 Å². The molecule has 1 heterocycles. The molecule has 5 nitrogen and oxygen atoms in total. The Balaban J connectivity index is 2.65. The number of hydrogen-bond acceptors (Lipinski definition) is 3. The minimum absolute atomic E-state index is 0.143. The van der Waals surface area contributed by atoms with Gasteiger partial charge in [-0.05, 0) is 26.2 Å². The highest BCUT2D eigenvalue weighted by Crippen LogP contribution is 2.29. The number of aryl methyl sites for hydroxylation is 1. The summed E-state index contributed by atoms with van der Waals surface area (Å²) in [5.41, 5.74) is 1.84. The summed E-state index contributed by atoms with van der Waals surface area (Å²) in [6, 6.07) is 0. The average Bonchev–Trinajstić information content (AvgIpc) is 2.42. The van der Waals surface area contributed by atoms with E-state index in [1.54, 1.807) is 6.92 Å². The molecule has 0 radical (unpaired) electrons. The van der Waals surface area contributed by atoms with Crippen LogP contribution in [0.2, 0.25) is 0 Å². The monoisotopic (exact) mass is 222 g/mol. The zero-order chi connectivity index (χ0) is 11.7. The molecule has 1 aromatic heterocycles. The normalized spacial score (nSPS) is 15.3. The largest absolute Gasteiger partial charge is 0.618 e. The molecule has 0 bridgehead atoms. The number of rotatable bonds is 1. The van der Waals surface area contributed by atoms with Gasteiger partial charge in [-0.3, -0.25) is 10.1 Å². The molecule has 1 aromatic rings. The van der Waals surface area contributed by atoms with Gasteiger partial charge in [-0.15, -0.1) is 0 Å². The van der Waals surface area contributed by atoms with E-state index in [2.05, 4.69) is 0 Å². The summed E-state index contributed by atoms with van der Waals surface area (Å²) in [6.07, 6.45) is 5.52. The summed E-state index contributed by atoms with van der Waals surface area (Å²) >= 11 is 0. The van der Waals surface area contributed by atoms with Crippen molar-refractivity contribution in [3.8, 4) is 0 Å². The molecule has 0 fully saturated rings. The molecule has 0 unspecified atom stereocenters. The quantitative estimate of drug-likeness (QED) is 0.239. The third kappa shape index (κ3) is 1.73. The minimum atomic E-state index is -0.362. The Morgan fingerprint density at radius 2 is 2.00 bits per heavy atom. The van der Waals surface area contributed by atoms with Crippen molar-refractivity contribution in [2.24, 2.45) is 0 Å². The summed E-state index contributed by atoms with van der Waals surface area (Å²) in [6.45, 7) is 1.62. The predicted octanol–water partition coefficient (Wildman–Crippen LogP) is 1.81. The maximum Gasteiger partial charge on any atom is 0.287 e. The molecule has 1 aliphatic rings. The molecule has 0 aromatic carbocycles. The second-order valence-electron chi connectivity index (χ2n) is 4.23. The summed E-state index contributed by atoms with van der Waals surface area (Å²) in [7, 11) is 0. The molecule has 86 valence electrons. The van der Waals surface area contributed by atoms with Crippen molar-refractivity contribution in [3.63, 3.8) is 0 Å². The number of hydrogen-bond donors (Lipinski definition) is 0. The molecule has 0 saturated carbocycles. The van der Waals surface area contributed by atoms with Gasteiger partial charge in [-0.1, -0.05) is 6.42 Å². The van der Waals surface area contributed by atoms with Crippen LogP contribution in [0.1, 0.15) is 36.1 Å². The molecule has 0 aliphatic heterocycles. The second-order valence-corrected chi connectivity index (χ2v) is 4.23.